The Bertz CT molecular complexity index is 928. The third kappa shape index (κ3) is 3.68. The van der Waals surface area contributed by atoms with E-state index in [0.29, 0.717) is 54.0 Å². The molecule has 1 atom stereocenters. The summed E-state index contributed by atoms with van der Waals surface area (Å²) in [5.41, 5.74) is 2.38. The fraction of sp³-hybridized carbons (Fsp3) is 0.300. The Morgan fingerprint density at radius 1 is 1.21 bits per heavy atom. The van der Waals surface area contributed by atoms with Gasteiger partial charge in [-0.1, -0.05) is 28.9 Å². The molecule has 4 rings (SSSR count). The van der Waals surface area contributed by atoms with E-state index in [0.717, 1.165) is 5.69 Å². The zero-order chi connectivity index (χ0) is 19.5. The van der Waals surface area contributed by atoms with Crippen LogP contribution in [-0.4, -0.2) is 60.5 Å². The molecule has 0 radical (unpaired) electrons. The molecule has 0 amide bonds. The second-order valence-corrected chi connectivity index (χ2v) is 7.05. The van der Waals surface area contributed by atoms with E-state index in [-0.39, 0.29) is 18.4 Å². The maximum Gasteiger partial charge on any atom is 0.168 e. The summed E-state index contributed by atoms with van der Waals surface area (Å²) in [6, 6.07) is 11.5. The summed E-state index contributed by atoms with van der Waals surface area (Å²) >= 11 is 6.21. The molecular weight excluding hydrogens is 383 g/mol. The Morgan fingerprint density at radius 3 is 2.75 bits per heavy atom. The summed E-state index contributed by atoms with van der Waals surface area (Å²) in [5.74, 6) is 0.137. The van der Waals surface area contributed by atoms with Crippen molar-refractivity contribution in [3.63, 3.8) is 0 Å². The average molecular weight is 403 g/mol. The first kappa shape index (κ1) is 18.7. The van der Waals surface area contributed by atoms with Crippen molar-refractivity contribution in [3.8, 4) is 0 Å². The van der Waals surface area contributed by atoms with Crippen LogP contribution < -0.4 is 5.32 Å². The molecule has 1 fully saturated rings. The lowest BCUT2D eigenvalue weighted by molar-refractivity contribution is 0.0653. The Balaban J connectivity index is 1.76. The van der Waals surface area contributed by atoms with E-state index in [1.165, 1.54) is 6.07 Å². The first-order chi connectivity index (χ1) is 13.7. The van der Waals surface area contributed by atoms with Crippen molar-refractivity contribution < 1.29 is 14.3 Å². The number of benzodiazepines with no additional fused rings is 1. The number of halogens is 2. The zero-order valence-electron chi connectivity index (χ0n) is 15.1. The van der Waals surface area contributed by atoms with E-state index in [1.54, 1.807) is 30.3 Å². The van der Waals surface area contributed by atoms with Gasteiger partial charge >= 0.3 is 0 Å². The van der Waals surface area contributed by atoms with Crippen LogP contribution in [0.2, 0.25) is 5.02 Å². The monoisotopic (exact) mass is 402 g/mol. The van der Waals surface area contributed by atoms with Crippen molar-refractivity contribution in [1.29, 1.82) is 0 Å². The molecular formula is C20H20ClFN4O2. The number of amidine groups is 1. The van der Waals surface area contributed by atoms with Crippen LogP contribution in [0.25, 0.3) is 0 Å². The molecule has 2 heterocycles. The molecule has 0 aliphatic carbocycles. The number of oxime groups is 1. The Kier molecular flexibility index (Phi) is 5.45. The third-order valence-electron chi connectivity index (χ3n) is 4.88. The molecule has 8 heteroatoms. The van der Waals surface area contributed by atoms with Crippen molar-refractivity contribution in [3.05, 3.63) is 64.4 Å². The molecule has 28 heavy (non-hydrogen) atoms. The van der Waals surface area contributed by atoms with Crippen LogP contribution in [0.4, 0.5) is 10.1 Å². The SMILES string of the molecule is O/N=C(/C1CN=C(c2ccccc2F)c2cc(Cl)ccc2N1)N1CCOCC1. The number of morpholine rings is 1. The van der Waals surface area contributed by atoms with E-state index in [9.17, 15) is 9.60 Å². The van der Waals surface area contributed by atoms with Crippen molar-refractivity contribution >= 4 is 28.8 Å². The maximum atomic E-state index is 14.5. The second kappa shape index (κ2) is 8.16. The summed E-state index contributed by atoms with van der Waals surface area (Å²) in [6.45, 7) is 2.69. The number of hydrogen-bond acceptors (Lipinski definition) is 5. The predicted octanol–water partition coefficient (Wildman–Crippen LogP) is 3.23. The number of nitrogens with zero attached hydrogens (tertiary/aromatic N) is 3. The smallest absolute Gasteiger partial charge is 0.168 e. The van der Waals surface area contributed by atoms with E-state index in [4.69, 9.17) is 16.3 Å². The molecule has 2 aromatic rings. The van der Waals surface area contributed by atoms with Crippen LogP contribution in [0.5, 0.6) is 0 Å². The lowest BCUT2D eigenvalue weighted by Gasteiger charge is -2.32. The Hall–Kier alpha value is -2.64. The van der Waals surface area contributed by atoms with Gasteiger partial charge in [0.15, 0.2) is 5.84 Å². The highest BCUT2D eigenvalue weighted by Gasteiger charge is 2.28. The van der Waals surface area contributed by atoms with Gasteiger partial charge in [0, 0.05) is 34.9 Å². The number of fused-ring (bicyclic) bond motifs is 1. The maximum absolute atomic E-state index is 14.5. The third-order valence-corrected chi connectivity index (χ3v) is 5.11. The molecule has 0 spiro atoms. The summed E-state index contributed by atoms with van der Waals surface area (Å²) < 4.78 is 19.9. The molecule has 0 saturated carbocycles. The molecule has 6 nitrogen and oxygen atoms in total. The van der Waals surface area contributed by atoms with E-state index < -0.39 is 0 Å². The Morgan fingerprint density at radius 2 is 2.00 bits per heavy atom. The normalized spacial score (nSPS) is 20.1. The molecule has 1 saturated heterocycles. The number of benzene rings is 2. The predicted molar refractivity (Wildman–Crippen MR) is 107 cm³/mol. The van der Waals surface area contributed by atoms with Crippen molar-refractivity contribution in [2.45, 2.75) is 6.04 Å². The first-order valence-electron chi connectivity index (χ1n) is 9.08. The highest BCUT2D eigenvalue weighted by Crippen LogP contribution is 2.28. The fourth-order valence-electron chi connectivity index (χ4n) is 3.51. The van der Waals surface area contributed by atoms with Crippen LogP contribution in [0.3, 0.4) is 0 Å². The quantitative estimate of drug-likeness (QED) is 0.350. The minimum absolute atomic E-state index is 0.284. The van der Waals surface area contributed by atoms with Crippen molar-refractivity contribution in [1.82, 2.24) is 4.90 Å². The van der Waals surface area contributed by atoms with Crippen molar-refractivity contribution in [2.75, 3.05) is 38.2 Å². The zero-order valence-corrected chi connectivity index (χ0v) is 15.9. The number of hydrogen-bond donors (Lipinski definition) is 2. The molecule has 2 aromatic carbocycles. The molecule has 0 aromatic heterocycles. The van der Waals surface area contributed by atoms with Gasteiger partial charge in [0.1, 0.15) is 11.9 Å². The standard InChI is InChI=1S/C20H20ClFN4O2/c21-13-5-6-17-15(11-13)19(14-3-1-2-4-16(14)22)23-12-18(24-17)20(25-27)26-7-9-28-10-8-26/h1-6,11,18,24,27H,7-10,12H2/b25-20-. The number of anilines is 1. The summed E-state index contributed by atoms with van der Waals surface area (Å²) in [7, 11) is 0. The topological polar surface area (TPSA) is 69.5 Å². The van der Waals surface area contributed by atoms with Crippen molar-refractivity contribution in [2.24, 2.45) is 10.1 Å². The van der Waals surface area contributed by atoms with Gasteiger partial charge in [0.25, 0.3) is 0 Å². The van der Waals surface area contributed by atoms with Gasteiger partial charge in [-0.3, -0.25) is 4.99 Å². The van der Waals surface area contributed by atoms with E-state index in [1.807, 2.05) is 11.0 Å². The van der Waals surface area contributed by atoms with Crippen LogP contribution in [0.1, 0.15) is 11.1 Å². The second-order valence-electron chi connectivity index (χ2n) is 6.61. The summed E-state index contributed by atoms with van der Waals surface area (Å²) in [5, 5.41) is 17.1. The number of ether oxygens (including phenoxy) is 1. The highest BCUT2D eigenvalue weighted by molar-refractivity contribution is 6.31. The average Bonchev–Trinajstić information content (AvgIpc) is 2.89. The number of nitrogens with one attached hydrogen (secondary N) is 1. The van der Waals surface area contributed by atoms with Crippen LogP contribution in [0.15, 0.2) is 52.6 Å². The minimum Gasteiger partial charge on any atom is -0.409 e. The van der Waals surface area contributed by atoms with Gasteiger partial charge in [-0.2, -0.15) is 0 Å². The van der Waals surface area contributed by atoms with Crippen LogP contribution in [0, 0.1) is 5.82 Å². The number of rotatable bonds is 2. The Labute approximate surface area is 167 Å². The van der Waals surface area contributed by atoms with Gasteiger partial charge in [0.05, 0.1) is 25.5 Å². The molecule has 2 aliphatic heterocycles. The molecule has 146 valence electrons. The largest absolute Gasteiger partial charge is 0.409 e. The van der Waals surface area contributed by atoms with Gasteiger partial charge in [-0.15, -0.1) is 0 Å². The van der Waals surface area contributed by atoms with Crippen LogP contribution >= 0.6 is 11.6 Å². The lowest BCUT2D eigenvalue weighted by Crippen LogP contribution is -2.49. The molecule has 2 N–H and O–H groups in total. The lowest BCUT2D eigenvalue weighted by atomic mass is 10.00. The van der Waals surface area contributed by atoms with Gasteiger partial charge in [0.2, 0.25) is 0 Å². The molecule has 2 aliphatic rings. The summed E-state index contributed by atoms with van der Waals surface area (Å²) in [4.78, 5) is 6.66. The molecule has 0 bridgehead atoms. The first-order valence-corrected chi connectivity index (χ1v) is 9.45. The fourth-order valence-corrected chi connectivity index (χ4v) is 3.69. The van der Waals surface area contributed by atoms with Crippen LogP contribution in [-0.2, 0) is 4.74 Å². The van der Waals surface area contributed by atoms with Gasteiger partial charge in [-0.25, -0.2) is 4.39 Å². The minimum atomic E-state index is -0.368. The summed E-state index contributed by atoms with van der Waals surface area (Å²) in [6.07, 6.45) is 0. The van der Waals surface area contributed by atoms with E-state index >= 15 is 0 Å². The van der Waals surface area contributed by atoms with E-state index in [2.05, 4.69) is 15.5 Å². The highest BCUT2D eigenvalue weighted by atomic mass is 35.5. The molecule has 1 unspecified atom stereocenters. The number of aliphatic imine (C=N–C) groups is 1. The van der Waals surface area contributed by atoms with Gasteiger partial charge < -0.3 is 20.2 Å². The van der Waals surface area contributed by atoms with Gasteiger partial charge in [-0.05, 0) is 30.3 Å².